The Balaban J connectivity index is 1.13. The second-order valence-corrected chi connectivity index (χ2v) is 10.2. The lowest BCUT2D eigenvalue weighted by Crippen LogP contribution is -2.38. The molecule has 5 nitrogen and oxygen atoms in total. The Kier molecular flexibility index (Phi) is 8.92. The van der Waals surface area contributed by atoms with Gasteiger partial charge in [0.25, 0.3) is 0 Å². The molecule has 1 aromatic heterocycles. The van der Waals surface area contributed by atoms with Gasteiger partial charge in [-0.05, 0) is 61.4 Å². The van der Waals surface area contributed by atoms with Gasteiger partial charge in [0.1, 0.15) is 17.4 Å². The Morgan fingerprint density at radius 2 is 1.67 bits per heavy atom. The first kappa shape index (κ1) is 26.9. The number of benzene rings is 3. The molecule has 0 N–H and O–H groups in total. The maximum atomic E-state index is 12.0. The minimum Gasteiger partial charge on any atom is -0.493 e. The number of hydrogen-bond donors (Lipinski definition) is 0. The van der Waals surface area contributed by atoms with Gasteiger partial charge in [0.15, 0.2) is 0 Å². The van der Waals surface area contributed by atoms with E-state index in [1.54, 1.807) is 0 Å². The van der Waals surface area contributed by atoms with E-state index in [4.69, 9.17) is 13.9 Å². The number of likely N-dealkylation sites (tertiary alicyclic amines) is 1. The first-order chi connectivity index (χ1) is 19.1. The van der Waals surface area contributed by atoms with Crippen LogP contribution in [0.3, 0.4) is 0 Å². The molecule has 0 radical (unpaired) electrons. The van der Waals surface area contributed by atoms with Gasteiger partial charge >= 0.3 is 5.63 Å². The minimum absolute atomic E-state index is 0.0442. The lowest BCUT2D eigenvalue weighted by Gasteiger charge is -2.34. The SMILES string of the molecule is C=CCc1c(OCCCN2CCC(OC(c3ccccc3)c3ccccc3)CC2)ccc2c(C)cc(=O)oc12. The molecule has 0 amide bonds. The number of fused-ring (bicyclic) bond motifs is 1. The van der Waals surface area contributed by atoms with Crippen molar-refractivity contribution in [3.8, 4) is 5.75 Å². The fraction of sp³-hybridized carbons (Fsp3) is 0.324. The van der Waals surface area contributed by atoms with E-state index in [1.807, 2.05) is 37.3 Å². The molecule has 0 spiro atoms. The van der Waals surface area contributed by atoms with Crippen LogP contribution in [0.15, 0.2) is 101 Å². The molecule has 39 heavy (non-hydrogen) atoms. The highest BCUT2D eigenvalue weighted by Crippen LogP contribution is 2.31. The van der Waals surface area contributed by atoms with E-state index in [0.717, 1.165) is 61.2 Å². The van der Waals surface area contributed by atoms with E-state index in [9.17, 15) is 4.79 Å². The van der Waals surface area contributed by atoms with E-state index >= 15 is 0 Å². The summed E-state index contributed by atoms with van der Waals surface area (Å²) in [5, 5.41) is 0.936. The molecule has 1 saturated heterocycles. The van der Waals surface area contributed by atoms with Gasteiger partial charge < -0.3 is 18.8 Å². The van der Waals surface area contributed by atoms with Crippen molar-refractivity contribution in [1.82, 2.24) is 4.90 Å². The summed E-state index contributed by atoms with van der Waals surface area (Å²) in [6.07, 6.45) is 5.55. The van der Waals surface area contributed by atoms with Gasteiger partial charge in [-0.1, -0.05) is 66.7 Å². The van der Waals surface area contributed by atoms with E-state index in [2.05, 4.69) is 60.0 Å². The highest BCUT2D eigenvalue weighted by Gasteiger charge is 2.24. The lowest BCUT2D eigenvalue weighted by molar-refractivity contribution is -0.0273. The zero-order chi connectivity index (χ0) is 27.0. The lowest BCUT2D eigenvalue weighted by atomic mass is 10.00. The molecule has 1 aliphatic heterocycles. The van der Waals surface area contributed by atoms with Crippen LogP contribution in [0.1, 0.15) is 47.6 Å². The molecule has 0 saturated carbocycles. The third kappa shape index (κ3) is 6.67. The van der Waals surface area contributed by atoms with Crippen molar-refractivity contribution in [2.45, 2.75) is 44.8 Å². The predicted octanol–water partition coefficient (Wildman–Crippen LogP) is 6.87. The molecule has 0 aliphatic carbocycles. The fourth-order valence-electron chi connectivity index (χ4n) is 5.43. The molecule has 202 valence electrons. The zero-order valence-electron chi connectivity index (χ0n) is 22.7. The highest BCUT2D eigenvalue weighted by atomic mass is 16.5. The number of aryl methyl sites for hydroxylation is 1. The van der Waals surface area contributed by atoms with Gasteiger partial charge in [0.2, 0.25) is 0 Å². The van der Waals surface area contributed by atoms with E-state index in [1.165, 1.54) is 17.2 Å². The summed E-state index contributed by atoms with van der Waals surface area (Å²) >= 11 is 0. The molecule has 3 aromatic carbocycles. The zero-order valence-corrected chi connectivity index (χ0v) is 22.7. The van der Waals surface area contributed by atoms with E-state index < -0.39 is 0 Å². The van der Waals surface area contributed by atoms with Crippen LogP contribution in [0, 0.1) is 6.92 Å². The van der Waals surface area contributed by atoms with Crippen LogP contribution in [0.25, 0.3) is 11.0 Å². The first-order valence-electron chi connectivity index (χ1n) is 13.9. The van der Waals surface area contributed by atoms with Gasteiger partial charge in [0.05, 0.1) is 12.7 Å². The average molecular weight is 524 g/mol. The molecule has 2 heterocycles. The Bertz CT molecular complexity index is 1380. The van der Waals surface area contributed by atoms with Crippen LogP contribution in [0.5, 0.6) is 5.75 Å². The van der Waals surface area contributed by atoms with Gasteiger partial charge in [0, 0.05) is 36.7 Å². The standard InChI is InChI=1S/C34H37NO4/c1-3-11-30-31(17-16-29-25(2)24-32(36)39-34(29)30)37-23-10-20-35-21-18-28(19-22-35)38-33(26-12-6-4-7-13-26)27-14-8-5-9-15-27/h3-9,12-17,24,28,33H,1,10-11,18-23H2,2H3. The third-order valence-electron chi connectivity index (χ3n) is 7.47. The molecule has 0 unspecified atom stereocenters. The summed E-state index contributed by atoms with van der Waals surface area (Å²) < 4.78 is 18.4. The molecule has 0 atom stereocenters. The van der Waals surface area contributed by atoms with E-state index in [-0.39, 0.29) is 17.8 Å². The van der Waals surface area contributed by atoms with Gasteiger partial charge in [-0.15, -0.1) is 6.58 Å². The molecule has 1 fully saturated rings. The number of piperidine rings is 1. The van der Waals surface area contributed by atoms with Crippen molar-refractivity contribution in [2.75, 3.05) is 26.2 Å². The van der Waals surface area contributed by atoms with Crippen molar-refractivity contribution in [3.05, 3.63) is 124 Å². The third-order valence-corrected chi connectivity index (χ3v) is 7.47. The Morgan fingerprint density at radius 3 is 2.31 bits per heavy atom. The van der Waals surface area contributed by atoms with Crippen LogP contribution in [0.4, 0.5) is 0 Å². The molecular formula is C34H37NO4. The largest absolute Gasteiger partial charge is 0.493 e. The normalized spacial score (nSPS) is 14.6. The maximum Gasteiger partial charge on any atom is 0.336 e. The van der Waals surface area contributed by atoms with Crippen molar-refractivity contribution in [2.24, 2.45) is 0 Å². The second-order valence-electron chi connectivity index (χ2n) is 10.2. The predicted molar refractivity (Wildman–Crippen MR) is 157 cm³/mol. The first-order valence-corrected chi connectivity index (χ1v) is 13.9. The molecular weight excluding hydrogens is 486 g/mol. The number of rotatable bonds is 11. The number of hydrogen-bond acceptors (Lipinski definition) is 5. The topological polar surface area (TPSA) is 51.9 Å². The highest BCUT2D eigenvalue weighted by molar-refractivity contribution is 5.85. The molecule has 4 aromatic rings. The van der Waals surface area contributed by atoms with Gasteiger partial charge in [-0.25, -0.2) is 4.79 Å². The van der Waals surface area contributed by atoms with Crippen LogP contribution < -0.4 is 10.4 Å². The van der Waals surface area contributed by atoms with Crippen LogP contribution in [-0.4, -0.2) is 37.2 Å². The summed E-state index contributed by atoms with van der Waals surface area (Å²) in [5.74, 6) is 0.760. The van der Waals surface area contributed by atoms with Crippen LogP contribution in [-0.2, 0) is 11.2 Å². The van der Waals surface area contributed by atoms with Crippen LogP contribution in [0.2, 0.25) is 0 Å². The number of nitrogens with zero attached hydrogens (tertiary/aromatic N) is 1. The van der Waals surface area contributed by atoms with E-state index in [0.29, 0.717) is 18.6 Å². The maximum absolute atomic E-state index is 12.0. The summed E-state index contributed by atoms with van der Waals surface area (Å²) in [5.41, 5.74) is 4.44. The Hall–Kier alpha value is -3.67. The molecule has 1 aliphatic rings. The summed E-state index contributed by atoms with van der Waals surface area (Å²) in [7, 11) is 0. The van der Waals surface area contributed by atoms with Gasteiger partial charge in [-0.2, -0.15) is 0 Å². The van der Waals surface area contributed by atoms with Crippen molar-refractivity contribution >= 4 is 11.0 Å². The number of allylic oxidation sites excluding steroid dienone is 1. The van der Waals surface area contributed by atoms with Crippen molar-refractivity contribution in [1.29, 1.82) is 0 Å². The Labute approximate surface area is 230 Å². The minimum atomic E-state index is -0.339. The smallest absolute Gasteiger partial charge is 0.336 e. The summed E-state index contributed by atoms with van der Waals surface area (Å²) in [4.78, 5) is 14.5. The molecule has 5 rings (SSSR count). The Morgan fingerprint density at radius 1 is 1.00 bits per heavy atom. The van der Waals surface area contributed by atoms with Gasteiger partial charge in [-0.3, -0.25) is 0 Å². The van der Waals surface area contributed by atoms with Crippen molar-refractivity contribution < 1.29 is 13.9 Å². The molecule has 5 heteroatoms. The average Bonchev–Trinajstić information content (AvgIpc) is 2.96. The van der Waals surface area contributed by atoms with Crippen molar-refractivity contribution in [3.63, 3.8) is 0 Å². The fourth-order valence-corrected chi connectivity index (χ4v) is 5.43. The molecule has 0 bridgehead atoms. The quantitative estimate of drug-likeness (QED) is 0.122. The monoisotopic (exact) mass is 523 g/mol. The van der Waals surface area contributed by atoms with Crippen LogP contribution >= 0.6 is 0 Å². The number of ether oxygens (including phenoxy) is 2. The summed E-state index contributed by atoms with van der Waals surface area (Å²) in [6, 6.07) is 26.5. The summed E-state index contributed by atoms with van der Waals surface area (Å²) in [6.45, 7) is 9.41. The second kappa shape index (κ2) is 12.9.